The van der Waals surface area contributed by atoms with E-state index in [9.17, 15) is 0 Å². The zero-order valence-electron chi connectivity index (χ0n) is 5.37. The van der Waals surface area contributed by atoms with Crippen molar-refractivity contribution in [1.29, 1.82) is 0 Å². The monoisotopic (exact) mass is 162 g/mol. The summed E-state index contributed by atoms with van der Waals surface area (Å²) in [5.74, 6) is 1.12. The van der Waals surface area contributed by atoms with Crippen molar-refractivity contribution in [2.75, 3.05) is 18.8 Å². The van der Waals surface area contributed by atoms with E-state index in [1.54, 1.807) is 11.8 Å². The lowest BCUT2D eigenvalue weighted by atomic mass is 10.7. The molecule has 0 radical (unpaired) electrons. The topological polar surface area (TPSA) is 15.6 Å². The number of nitrogens with zero attached hydrogens (tertiary/aromatic N) is 2. The average Bonchev–Trinajstić information content (AvgIpc) is 2.37. The lowest BCUT2D eigenvalue weighted by Crippen LogP contribution is -2.15. The third-order valence-corrected chi connectivity index (χ3v) is 2.69. The molecule has 0 bridgehead atoms. The van der Waals surface area contributed by atoms with Gasteiger partial charge in [0.1, 0.15) is 0 Å². The maximum absolute atomic E-state index is 4.24. The van der Waals surface area contributed by atoms with Gasteiger partial charge in [-0.1, -0.05) is 24.6 Å². The van der Waals surface area contributed by atoms with E-state index in [1.807, 2.05) is 4.31 Å². The molecule has 0 N–H and O–H groups in total. The molecule has 1 rings (SSSR count). The van der Waals surface area contributed by atoms with E-state index in [0.717, 1.165) is 24.0 Å². The van der Waals surface area contributed by atoms with Crippen molar-refractivity contribution in [1.82, 2.24) is 4.31 Å². The highest BCUT2D eigenvalue weighted by Gasteiger charge is 2.09. The van der Waals surface area contributed by atoms with E-state index in [1.165, 1.54) is 0 Å². The molecule has 0 saturated carbocycles. The zero-order valence-corrected chi connectivity index (χ0v) is 7.08. The second-order valence-electron chi connectivity index (χ2n) is 1.73. The van der Waals surface area contributed by atoms with E-state index < -0.39 is 0 Å². The normalized spacial score (nSPS) is 17.8. The van der Waals surface area contributed by atoms with Crippen LogP contribution in [0.5, 0.6) is 0 Å². The molecular formula is C5H10N2S2. The summed E-state index contributed by atoms with van der Waals surface area (Å²) in [7, 11) is 0. The fourth-order valence-electron chi connectivity index (χ4n) is 0.615. The van der Waals surface area contributed by atoms with Crippen LogP contribution in [0.3, 0.4) is 0 Å². The summed E-state index contributed by atoms with van der Waals surface area (Å²) in [5.41, 5.74) is 0. The number of thioether (sulfide) groups is 1. The molecule has 1 heterocycles. The van der Waals surface area contributed by atoms with E-state index in [-0.39, 0.29) is 0 Å². The highest BCUT2D eigenvalue weighted by Crippen LogP contribution is 2.15. The maximum atomic E-state index is 4.24. The maximum Gasteiger partial charge on any atom is 0.169 e. The van der Waals surface area contributed by atoms with Crippen molar-refractivity contribution >= 4 is 29.7 Å². The Balaban J connectivity index is 2.40. The highest BCUT2D eigenvalue weighted by molar-refractivity contribution is 8.14. The first kappa shape index (κ1) is 7.28. The number of hydrogen-bond donors (Lipinski definition) is 1. The largest absolute Gasteiger partial charge is 0.298 e. The van der Waals surface area contributed by atoms with Crippen molar-refractivity contribution < 1.29 is 0 Å². The number of amidine groups is 1. The first-order chi connectivity index (χ1) is 4.34. The molecule has 0 atom stereocenters. The van der Waals surface area contributed by atoms with Crippen LogP contribution < -0.4 is 0 Å². The SMILES string of the molecule is CCN(S)C1=NCCS1. The van der Waals surface area contributed by atoms with Gasteiger partial charge >= 0.3 is 0 Å². The van der Waals surface area contributed by atoms with Gasteiger partial charge in [-0.3, -0.25) is 9.30 Å². The Morgan fingerprint density at radius 3 is 3.11 bits per heavy atom. The van der Waals surface area contributed by atoms with Gasteiger partial charge in [0.25, 0.3) is 0 Å². The van der Waals surface area contributed by atoms with Crippen LogP contribution in [0, 0.1) is 0 Å². The van der Waals surface area contributed by atoms with Crippen LogP contribution in [0.1, 0.15) is 6.92 Å². The van der Waals surface area contributed by atoms with Crippen LogP contribution in [0.15, 0.2) is 4.99 Å². The first-order valence-electron chi connectivity index (χ1n) is 2.98. The third-order valence-electron chi connectivity index (χ3n) is 1.09. The van der Waals surface area contributed by atoms with Gasteiger partial charge in [0.05, 0.1) is 6.54 Å². The number of hydrogen-bond acceptors (Lipinski definition) is 4. The Morgan fingerprint density at radius 2 is 2.67 bits per heavy atom. The van der Waals surface area contributed by atoms with Crippen LogP contribution in [-0.2, 0) is 0 Å². The molecule has 0 aromatic heterocycles. The standard InChI is InChI=1S/C5H10N2S2/c1-2-7(8)5-6-3-4-9-5/h8H,2-4H2,1H3. The molecule has 0 unspecified atom stereocenters. The van der Waals surface area contributed by atoms with E-state index in [2.05, 4.69) is 24.7 Å². The van der Waals surface area contributed by atoms with Crippen molar-refractivity contribution in [2.24, 2.45) is 4.99 Å². The summed E-state index contributed by atoms with van der Waals surface area (Å²) in [6.45, 7) is 3.94. The van der Waals surface area contributed by atoms with Gasteiger partial charge in [0, 0.05) is 12.3 Å². The highest BCUT2D eigenvalue weighted by atomic mass is 32.2. The van der Waals surface area contributed by atoms with E-state index in [0.29, 0.717) is 0 Å². The molecule has 0 aromatic carbocycles. The molecule has 0 amide bonds. The second-order valence-corrected chi connectivity index (χ2v) is 3.27. The Kier molecular flexibility index (Phi) is 2.72. The van der Waals surface area contributed by atoms with Crippen LogP contribution in [0.4, 0.5) is 0 Å². The van der Waals surface area contributed by atoms with Gasteiger partial charge in [-0.2, -0.15) is 0 Å². The van der Waals surface area contributed by atoms with Crippen molar-refractivity contribution in [2.45, 2.75) is 6.92 Å². The fraction of sp³-hybridized carbons (Fsp3) is 0.800. The minimum atomic E-state index is 0.926. The average molecular weight is 162 g/mol. The lowest BCUT2D eigenvalue weighted by molar-refractivity contribution is 0.735. The van der Waals surface area contributed by atoms with Gasteiger partial charge < -0.3 is 0 Å². The summed E-state index contributed by atoms with van der Waals surface area (Å²) in [6, 6.07) is 0. The molecule has 4 heteroatoms. The molecule has 0 aromatic rings. The second kappa shape index (κ2) is 3.37. The lowest BCUT2D eigenvalue weighted by Gasteiger charge is -2.12. The molecule has 0 fully saturated rings. The molecule has 0 spiro atoms. The predicted molar refractivity (Wildman–Crippen MR) is 46.1 cm³/mol. The molecule has 0 saturated heterocycles. The fourth-order valence-corrected chi connectivity index (χ4v) is 1.68. The molecule has 1 aliphatic heterocycles. The third kappa shape index (κ3) is 1.79. The first-order valence-corrected chi connectivity index (χ1v) is 4.37. The molecule has 1 aliphatic rings. The van der Waals surface area contributed by atoms with Crippen molar-refractivity contribution in [3.63, 3.8) is 0 Å². The zero-order chi connectivity index (χ0) is 6.69. The number of aliphatic imine (C=N–C) groups is 1. The molecular weight excluding hydrogens is 152 g/mol. The summed E-state index contributed by atoms with van der Waals surface area (Å²) < 4.78 is 1.87. The smallest absolute Gasteiger partial charge is 0.169 e. The van der Waals surface area contributed by atoms with Gasteiger partial charge in [0.15, 0.2) is 5.17 Å². The Hall–Kier alpha value is 0.170. The predicted octanol–water partition coefficient (Wildman–Crippen LogP) is 1.26. The van der Waals surface area contributed by atoms with Crippen LogP contribution in [-0.4, -0.2) is 28.3 Å². The Labute approximate surface area is 65.3 Å². The quantitative estimate of drug-likeness (QED) is 0.584. The van der Waals surface area contributed by atoms with Gasteiger partial charge in [-0.25, -0.2) is 0 Å². The Morgan fingerprint density at radius 1 is 1.89 bits per heavy atom. The van der Waals surface area contributed by atoms with Gasteiger partial charge in [-0.05, 0) is 6.92 Å². The number of thiol groups is 1. The summed E-state index contributed by atoms with van der Waals surface area (Å²) in [5, 5.41) is 1.07. The number of rotatable bonds is 1. The minimum Gasteiger partial charge on any atom is -0.298 e. The molecule has 52 valence electrons. The molecule has 9 heavy (non-hydrogen) atoms. The van der Waals surface area contributed by atoms with E-state index >= 15 is 0 Å². The van der Waals surface area contributed by atoms with Gasteiger partial charge in [-0.15, -0.1) is 0 Å². The van der Waals surface area contributed by atoms with Crippen molar-refractivity contribution in [3.8, 4) is 0 Å². The summed E-state index contributed by atoms with van der Waals surface area (Å²) >= 11 is 5.98. The van der Waals surface area contributed by atoms with Crippen LogP contribution in [0.25, 0.3) is 0 Å². The van der Waals surface area contributed by atoms with Crippen molar-refractivity contribution in [3.05, 3.63) is 0 Å². The molecule has 2 nitrogen and oxygen atoms in total. The van der Waals surface area contributed by atoms with Crippen LogP contribution in [0.2, 0.25) is 0 Å². The van der Waals surface area contributed by atoms with Crippen LogP contribution >= 0.6 is 24.6 Å². The molecule has 0 aliphatic carbocycles. The minimum absolute atomic E-state index is 0.926. The summed E-state index contributed by atoms with van der Waals surface area (Å²) in [4.78, 5) is 4.24. The van der Waals surface area contributed by atoms with Gasteiger partial charge in [0.2, 0.25) is 0 Å². The summed E-state index contributed by atoms with van der Waals surface area (Å²) in [6.07, 6.45) is 0. The Bertz CT molecular complexity index is 124. The van der Waals surface area contributed by atoms with E-state index in [4.69, 9.17) is 0 Å².